The molecule has 0 radical (unpaired) electrons. The fourth-order valence-electron chi connectivity index (χ4n) is 4.45. The van der Waals surface area contributed by atoms with Gasteiger partial charge in [0.1, 0.15) is 17.3 Å². The Kier molecular flexibility index (Phi) is 5.02. The summed E-state index contributed by atoms with van der Waals surface area (Å²) in [5, 5.41) is 10.2. The van der Waals surface area contributed by atoms with Crippen LogP contribution in [-0.2, 0) is 17.8 Å². The molecule has 0 saturated carbocycles. The summed E-state index contributed by atoms with van der Waals surface area (Å²) >= 11 is 0. The number of fused-ring (bicyclic) bond motifs is 3. The second kappa shape index (κ2) is 7.47. The van der Waals surface area contributed by atoms with Crippen LogP contribution in [0.25, 0.3) is 0 Å². The summed E-state index contributed by atoms with van der Waals surface area (Å²) in [6.07, 6.45) is 4.96. The third-order valence-corrected chi connectivity index (χ3v) is 6.11. The Morgan fingerprint density at radius 2 is 2.32 bits per heavy atom. The Morgan fingerprint density at radius 1 is 1.46 bits per heavy atom. The monoisotopic (exact) mass is 385 g/mol. The van der Waals surface area contributed by atoms with Gasteiger partial charge in [-0.2, -0.15) is 0 Å². The highest BCUT2D eigenvalue weighted by atomic mass is 16.5. The van der Waals surface area contributed by atoms with E-state index in [2.05, 4.69) is 11.9 Å². The Hall–Kier alpha value is -2.54. The number of carbonyl (C=O) groups excluding carboxylic acids is 1. The zero-order valence-electron chi connectivity index (χ0n) is 16.4. The van der Waals surface area contributed by atoms with E-state index in [1.807, 2.05) is 33.9 Å². The second-order valence-electron chi connectivity index (χ2n) is 7.68. The van der Waals surface area contributed by atoms with Crippen LogP contribution in [0, 0.1) is 5.41 Å². The number of aromatic nitrogens is 2. The number of likely N-dealkylation sites (tertiary alicyclic amines) is 1. The molecule has 1 aromatic carbocycles. The number of aliphatic hydroxyl groups is 1. The lowest BCUT2D eigenvalue weighted by Gasteiger charge is -2.37. The molecule has 0 unspecified atom stereocenters. The zero-order valence-corrected chi connectivity index (χ0v) is 16.4. The maximum Gasteiger partial charge on any atom is 0.224 e. The molecule has 0 spiro atoms. The number of carbonyl (C=O) groups is 1. The number of rotatable bonds is 6. The number of aliphatic hydroxyl groups excluding tert-OH is 1. The van der Waals surface area contributed by atoms with Gasteiger partial charge in [-0.25, -0.2) is 4.98 Å². The maximum atomic E-state index is 12.9. The molecule has 2 aromatic rings. The fraction of sp³-hybridized carbons (Fsp3) is 0.524. The summed E-state index contributed by atoms with van der Waals surface area (Å²) in [6.45, 7) is 4.20. The van der Waals surface area contributed by atoms with Crippen molar-refractivity contribution in [1.29, 1.82) is 0 Å². The normalized spacial score (nSPS) is 23.1. The van der Waals surface area contributed by atoms with Gasteiger partial charge in [0.2, 0.25) is 5.91 Å². The standard InChI is InChI=1S/C21H27N3O4/c1-3-19-22-7-9-23(19)8-6-20(26)24-11-17-16-5-4-15(27-2)10-18(16)28-14-21(17,12-24)13-25/h4-5,7,9-10,17,25H,3,6,8,11-14H2,1-2H3/t17-,21-/m1/s1. The van der Waals surface area contributed by atoms with E-state index in [0.717, 1.165) is 29.3 Å². The molecule has 2 aliphatic rings. The quantitative estimate of drug-likeness (QED) is 0.821. The van der Waals surface area contributed by atoms with E-state index in [1.54, 1.807) is 13.3 Å². The first-order chi connectivity index (χ1) is 13.6. The Bertz CT molecular complexity index is 865. The van der Waals surface area contributed by atoms with Crippen molar-refractivity contribution in [3.05, 3.63) is 42.0 Å². The van der Waals surface area contributed by atoms with Gasteiger partial charge in [0.05, 0.1) is 25.7 Å². The van der Waals surface area contributed by atoms with Crippen molar-refractivity contribution in [1.82, 2.24) is 14.5 Å². The Labute approximate surface area is 164 Å². The van der Waals surface area contributed by atoms with Crippen LogP contribution in [0.1, 0.15) is 30.7 Å². The predicted molar refractivity (Wildman–Crippen MR) is 104 cm³/mol. The number of nitrogens with zero attached hydrogens (tertiary/aromatic N) is 3. The molecule has 0 bridgehead atoms. The molecule has 1 aromatic heterocycles. The highest BCUT2D eigenvalue weighted by Gasteiger charge is 2.52. The number of imidazole rings is 1. The lowest BCUT2D eigenvalue weighted by atomic mass is 9.74. The molecule has 2 aliphatic heterocycles. The van der Waals surface area contributed by atoms with Gasteiger partial charge < -0.3 is 24.0 Å². The smallest absolute Gasteiger partial charge is 0.224 e. The SMILES string of the molecule is CCc1nccn1CCC(=O)N1C[C@@H]2c3ccc(OC)cc3OC[C@]2(CO)C1. The number of hydrogen-bond acceptors (Lipinski definition) is 5. The zero-order chi connectivity index (χ0) is 19.7. The van der Waals surface area contributed by atoms with Crippen molar-refractivity contribution in [3.63, 3.8) is 0 Å². The van der Waals surface area contributed by atoms with Crippen LogP contribution in [0.5, 0.6) is 11.5 Å². The number of aryl methyl sites for hydroxylation is 2. The molecule has 3 heterocycles. The van der Waals surface area contributed by atoms with Crippen LogP contribution in [0.4, 0.5) is 0 Å². The summed E-state index contributed by atoms with van der Waals surface area (Å²) in [5.74, 6) is 2.69. The number of benzene rings is 1. The van der Waals surface area contributed by atoms with Gasteiger partial charge in [0.25, 0.3) is 0 Å². The van der Waals surface area contributed by atoms with Gasteiger partial charge >= 0.3 is 0 Å². The van der Waals surface area contributed by atoms with Gasteiger partial charge in [-0.05, 0) is 6.07 Å². The molecule has 1 fully saturated rings. The topological polar surface area (TPSA) is 76.8 Å². The number of methoxy groups -OCH3 is 1. The van der Waals surface area contributed by atoms with Gasteiger partial charge in [-0.1, -0.05) is 13.0 Å². The van der Waals surface area contributed by atoms with Crippen molar-refractivity contribution in [3.8, 4) is 11.5 Å². The lowest BCUT2D eigenvalue weighted by Crippen LogP contribution is -2.42. The molecule has 4 rings (SSSR count). The molecule has 28 heavy (non-hydrogen) atoms. The molecular formula is C21H27N3O4. The van der Waals surface area contributed by atoms with E-state index in [0.29, 0.717) is 32.7 Å². The van der Waals surface area contributed by atoms with Gasteiger partial charge in [-0.3, -0.25) is 4.79 Å². The van der Waals surface area contributed by atoms with Crippen molar-refractivity contribution in [2.24, 2.45) is 5.41 Å². The summed E-state index contributed by atoms with van der Waals surface area (Å²) in [7, 11) is 1.63. The minimum atomic E-state index is -0.444. The first kappa shape index (κ1) is 18.8. The van der Waals surface area contributed by atoms with Crippen molar-refractivity contribution >= 4 is 5.91 Å². The number of amides is 1. The minimum Gasteiger partial charge on any atom is -0.497 e. The van der Waals surface area contributed by atoms with Crippen LogP contribution in [-0.4, -0.2) is 58.9 Å². The Morgan fingerprint density at radius 3 is 3.07 bits per heavy atom. The molecule has 150 valence electrons. The van der Waals surface area contributed by atoms with Crippen molar-refractivity contribution in [2.45, 2.75) is 32.2 Å². The van der Waals surface area contributed by atoms with Gasteiger partial charge in [0.15, 0.2) is 0 Å². The number of ether oxygens (including phenoxy) is 2. The van der Waals surface area contributed by atoms with Gasteiger partial charge in [-0.15, -0.1) is 0 Å². The third-order valence-electron chi connectivity index (χ3n) is 6.11. The minimum absolute atomic E-state index is 0.00554. The molecule has 2 atom stereocenters. The molecule has 7 nitrogen and oxygen atoms in total. The van der Waals surface area contributed by atoms with Crippen LogP contribution >= 0.6 is 0 Å². The molecule has 1 saturated heterocycles. The molecular weight excluding hydrogens is 358 g/mol. The van der Waals surface area contributed by atoms with Crippen LogP contribution in [0.2, 0.25) is 0 Å². The van der Waals surface area contributed by atoms with Crippen LogP contribution < -0.4 is 9.47 Å². The maximum absolute atomic E-state index is 12.9. The first-order valence-electron chi connectivity index (χ1n) is 9.79. The first-order valence-corrected chi connectivity index (χ1v) is 9.79. The molecule has 0 aliphatic carbocycles. The largest absolute Gasteiger partial charge is 0.497 e. The summed E-state index contributed by atoms with van der Waals surface area (Å²) in [6, 6.07) is 5.78. The highest BCUT2D eigenvalue weighted by Crippen LogP contribution is 2.50. The van der Waals surface area contributed by atoms with Crippen molar-refractivity contribution in [2.75, 3.05) is 33.4 Å². The average Bonchev–Trinajstić information content (AvgIpc) is 3.36. The Balaban J connectivity index is 1.50. The van der Waals surface area contributed by atoms with E-state index < -0.39 is 5.41 Å². The van der Waals surface area contributed by atoms with Crippen LogP contribution in [0.15, 0.2) is 30.6 Å². The lowest BCUT2D eigenvalue weighted by molar-refractivity contribution is -0.131. The van der Waals surface area contributed by atoms with Crippen LogP contribution in [0.3, 0.4) is 0 Å². The average molecular weight is 385 g/mol. The summed E-state index contributed by atoms with van der Waals surface area (Å²) in [5.41, 5.74) is 0.597. The van der Waals surface area contributed by atoms with E-state index in [-0.39, 0.29) is 18.4 Å². The van der Waals surface area contributed by atoms with E-state index in [4.69, 9.17) is 9.47 Å². The van der Waals surface area contributed by atoms with Crippen molar-refractivity contribution < 1.29 is 19.4 Å². The third kappa shape index (κ3) is 3.13. The number of hydrogen-bond donors (Lipinski definition) is 1. The predicted octanol–water partition coefficient (Wildman–Crippen LogP) is 1.84. The second-order valence-corrected chi connectivity index (χ2v) is 7.68. The van der Waals surface area contributed by atoms with Gasteiger partial charge in [0, 0.05) is 62.4 Å². The summed E-state index contributed by atoms with van der Waals surface area (Å²) < 4.78 is 13.3. The highest BCUT2D eigenvalue weighted by molar-refractivity contribution is 5.77. The van der Waals surface area contributed by atoms with E-state index in [9.17, 15) is 9.90 Å². The van der Waals surface area contributed by atoms with E-state index in [1.165, 1.54) is 0 Å². The molecule has 1 amide bonds. The fourth-order valence-corrected chi connectivity index (χ4v) is 4.45. The molecule has 7 heteroatoms. The molecule has 1 N–H and O–H groups in total. The summed E-state index contributed by atoms with van der Waals surface area (Å²) in [4.78, 5) is 19.1. The van der Waals surface area contributed by atoms with E-state index >= 15 is 0 Å².